The average molecular weight is 433 g/mol. The summed E-state index contributed by atoms with van der Waals surface area (Å²) in [6.45, 7) is 0.0159. The lowest BCUT2D eigenvalue weighted by atomic mass is 9.97. The molecule has 0 aromatic heterocycles. The van der Waals surface area contributed by atoms with Crippen LogP contribution in [0.3, 0.4) is 0 Å². The van der Waals surface area contributed by atoms with Gasteiger partial charge >= 0.3 is 0 Å². The van der Waals surface area contributed by atoms with Gasteiger partial charge in [-0.15, -0.1) is 0 Å². The number of hydrogen-bond donors (Lipinski definition) is 3. The number of aliphatic hydroxyl groups excluding tert-OH is 2. The van der Waals surface area contributed by atoms with Gasteiger partial charge in [-0.05, 0) is 36.4 Å². The van der Waals surface area contributed by atoms with Crippen LogP contribution in [0.5, 0.6) is 11.5 Å². The van der Waals surface area contributed by atoms with E-state index in [1.165, 1.54) is 24.3 Å². The largest absolute Gasteiger partial charge is 0.486 e. The highest BCUT2D eigenvalue weighted by Crippen LogP contribution is 2.30. The fourth-order valence-corrected chi connectivity index (χ4v) is 3.71. The van der Waals surface area contributed by atoms with Gasteiger partial charge in [0.2, 0.25) is 0 Å². The Morgan fingerprint density at radius 1 is 0.839 bits per heavy atom. The van der Waals surface area contributed by atoms with Crippen molar-refractivity contribution in [1.82, 2.24) is 5.32 Å². The van der Waals surface area contributed by atoms with Crippen LogP contribution in [-0.4, -0.2) is 59.3 Å². The van der Waals surface area contributed by atoms with Gasteiger partial charge < -0.3 is 25.0 Å². The molecule has 4 atom stereocenters. The molecule has 0 saturated carbocycles. The highest BCUT2D eigenvalue weighted by Gasteiger charge is 2.33. The van der Waals surface area contributed by atoms with E-state index in [2.05, 4.69) is 5.32 Å². The van der Waals surface area contributed by atoms with Crippen molar-refractivity contribution >= 4 is 11.6 Å². The quantitative estimate of drug-likeness (QED) is 0.636. The number of ether oxygens (including phenoxy) is 2. The van der Waals surface area contributed by atoms with E-state index in [4.69, 9.17) is 9.47 Å². The van der Waals surface area contributed by atoms with Crippen molar-refractivity contribution in [2.24, 2.45) is 0 Å². The maximum absolute atomic E-state index is 13.3. The van der Waals surface area contributed by atoms with E-state index in [1.807, 2.05) is 0 Å². The van der Waals surface area contributed by atoms with Crippen molar-refractivity contribution in [2.75, 3.05) is 13.1 Å². The molecular formula is C22H21F2NO6. The van der Waals surface area contributed by atoms with E-state index in [-0.39, 0.29) is 60.1 Å². The highest BCUT2D eigenvalue weighted by molar-refractivity contribution is 6.00. The normalized spacial score (nSPS) is 22.1. The second-order valence-corrected chi connectivity index (χ2v) is 7.64. The van der Waals surface area contributed by atoms with Crippen LogP contribution in [0.2, 0.25) is 0 Å². The third-order valence-corrected chi connectivity index (χ3v) is 5.38. The van der Waals surface area contributed by atoms with Crippen molar-refractivity contribution in [3.05, 3.63) is 59.2 Å². The van der Waals surface area contributed by atoms with Crippen LogP contribution in [0.25, 0.3) is 0 Å². The number of aliphatic hydroxyl groups is 2. The fourth-order valence-electron chi connectivity index (χ4n) is 3.71. The zero-order valence-electron chi connectivity index (χ0n) is 16.4. The minimum atomic E-state index is -1.06. The molecule has 0 bridgehead atoms. The Morgan fingerprint density at radius 3 is 1.68 bits per heavy atom. The lowest BCUT2D eigenvalue weighted by Crippen LogP contribution is -2.47. The molecule has 0 saturated heterocycles. The van der Waals surface area contributed by atoms with Crippen LogP contribution in [0.1, 0.15) is 33.6 Å². The van der Waals surface area contributed by atoms with E-state index in [0.29, 0.717) is 0 Å². The van der Waals surface area contributed by atoms with E-state index < -0.39 is 36.1 Å². The first-order valence-corrected chi connectivity index (χ1v) is 9.87. The molecule has 2 aliphatic heterocycles. The molecule has 9 heteroatoms. The summed E-state index contributed by atoms with van der Waals surface area (Å²) in [7, 11) is 0. The minimum absolute atomic E-state index is 0.00794. The zero-order valence-corrected chi connectivity index (χ0v) is 16.4. The van der Waals surface area contributed by atoms with E-state index >= 15 is 0 Å². The molecular weight excluding hydrogens is 412 g/mol. The molecule has 4 rings (SSSR count). The van der Waals surface area contributed by atoms with Gasteiger partial charge in [-0.3, -0.25) is 9.59 Å². The minimum Gasteiger partial charge on any atom is -0.486 e. The van der Waals surface area contributed by atoms with E-state index in [0.717, 1.165) is 12.1 Å². The molecule has 0 spiro atoms. The molecule has 2 aliphatic rings. The fraction of sp³-hybridized carbons (Fsp3) is 0.364. The number of Topliss-reactive ketones (excluding diaryl/α,β-unsaturated/α-hetero) is 2. The van der Waals surface area contributed by atoms with Crippen LogP contribution in [-0.2, 0) is 0 Å². The van der Waals surface area contributed by atoms with E-state index in [1.54, 1.807) is 0 Å². The Balaban J connectivity index is 1.29. The number of benzene rings is 2. The standard InChI is InChI=1S/C22H21F2NO6/c23-11-1-3-19-13(5-11)15(26)7-21(30-19)17(28)9-25-10-18(29)22-8-16(27)14-6-12(24)2-4-20(14)31-22/h1-6,17-18,21-22,25,28-29H,7-10H2/t17-,18-,21-,22-/m0/s1. The number of ketones is 2. The first kappa shape index (κ1) is 21.4. The maximum Gasteiger partial charge on any atom is 0.170 e. The molecule has 0 amide bonds. The number of fused-ring (bicyclic) bond motifs is 2. The Labute approximate surface area is 176 Å². The molecule has 0 unspecified atom stereocenters. The molecule has 164 valence electrons. The van der Waals surface area contributed by atoms with Crippen LogP contribution >= 0.6 is 0 Å². The summed E-state index contributed by atoms with van der Waals surface area (Å²) in [6.07, 6.45) is -3.96. The molecule has 0 radical (unpaired) electrons. The topological polar surface area (TPSA) is 105 Å². The van der Waals surface area contributed by atoms with Crippen LogP contribution < -0.4 is 14.8 Å². The predicted molar refractivity (Wildman–Crippen MR) is 104 cm³/mol. The first-order chi connectivity index (χ1) is 14.8. The second-order valence-electron chi connectivity index (χ2n) is 7.64. The number of carbonyl (C=O) groups excluding carboxylic acids is 2. The molecule has 0 fully saturated rings. The van der Waals surface area contributed by atoms with E-state index in [9.17, 15) is 28.6 Å². The van der Waals surface area contributed by atoms with Crippen molar-refractivity contribution < 1.29 is 38.1 Å². The predicted octanol–water partition coefficient (Wildman–Crippen LogP) is 1.64. The van der Waals surface area contributed by atoms with Crippen molar-refractivity contribution in [3.63, 3.8) is 0 Å². The first-order valence-electron chi connectivity index (χ1n) is 9.87. The van der Waals surface area contributed by atoms with Gasteiger partial charge in [0, 0.05) is 13.1 Å². The molecule has 2 aromatic carbocycles. The third-order valence-electron chi connectivity index (χ3n) is 5.38. The van der Waals surface area contributed by atoms with Gasteiger partial charge in [0.15, 0.2) is 11.6 Å². The average Bonchev–Trinajstić information content (AvgIpc) is 2.74. The second kappa shape index (κ2) is 8.70. The van der Waals surface area contributed by atoms with Crippen LogP contribution in [0.15, 0.2) is 36.4 Å². The van der Waals surface area contributed by atoms with Crippen molar-refractivity contribution in [3.8, 4) is 11.5 Å². The molecule has 2 heterocycles. The monoisotopic (exact) mass is 433 g/mol. The Morgan fingerprint density at radius 2 is 1.26 bits per heavy atom. The van der Waals surface area contributed by atoms with Crippen molar-refractivity contribution in [2.45, 2.75) is 37.3 Å². The number of carbonyl (C=O) groups is 2. The smallest absolute Gasteiger partial charge is 0.170 e. The number of halogens is 2. The number of nitrogens with one attached hydrogen (secondary N) is 1. The third kappa shape index (κ3) is 4.58. The van der Waals surface area contributed by atoms with Crippen molar-refractivity contribution in [1.29, 1.82) is 0 Å². The SMILES string of the molecule is O=C1C[C@@H]([C@@H](O)CNC[C@H](O)[C@@H]2CC(=O)c3cc(F)ccc3O2)Oc2ccc(F)cc21. The number of hydrogen-bond acceptors (Lipinski definition) is 7. The van der Waals surface area contributed by atoms with Gasteiger partial charge in [-0.2, -0.15) is 0 Å². The molecule has 31 heavy (non-hydrogen) atoms. The molecule has 2 aromatic rings. The van der Waals surface area contributed by atoms with Gasteiger partial charge in [-0.25, -0.2) is 8.78 Å². The Hall–Kier alpha value is -2.88. The summed E-state index contributed by atoms with van der Waals surface area (Å²) in [6, 6.07) is 7.25. The van der Waals surface area contributed by atoms with Gasteiger partial charge in [0.25, 0.3) is 0 Å². The lowest BCUT2D eigenvalue weighted by Gasteiger charge is -2.30. The summed E-state index contributed by atoms with van der Waals surface area (Å²) < 4.78 is 37.8. The summed E-state index contributed by atoms with van der Waals surface area (Å²) in [4.78, 5) is 24.4. The van der Waals surface area contributed by atoms with Gasteiger partial charge in [0.05, 0.1) is 24.0 Å². The Kier molecular flexibility index (Phi) is 5.99. The summed E-state index contributed by atoms with van der Waals surface area (Å²) in [5.41, 5.74) is 0.289. The van der Waals surface area contributed by atoms with Crippen LogP contribution in [0.4, 0.5) is 8.78 Å². The summed E-state index contributed by atoms with van der Waals surface area (Å²) >= 11 is 0. The van der Waals surface area contributed by atoms with Gasteiger partial charge in [-0.1, -0.05) is 0 Å². The maximum atomic E-state index is 13.3. The molecule has 7 nitrogen and oxygen atoms in total. The van der Waals surface area contributed by atoms with Gasteiger partial charge in [0.1, 0.15) is 47.5 Å². The molecule has 3 N–H and O–H groups in total. The van der Waals surface area contributed by atoms with Crippen LogP contribution in [0, 0.1) is 11.6 Å². The molecule has 0 aliphatic carbocycles. The Bertz CT molecular complexity index is 934. The summed E-state index contributed by atoms with van der Waals surface area (Å²) in [5, 5.41) is 23.6. The number of rotatable bonds is 6. The summed E-state index contributed by atoms with van der Waals surface area (Å²) in [5.74, 6) is -1.30. The highest BCUT2D eigenvalue weighted by atomic mass is 19.1. The zero-order chi connectivity index (χ0) is 22.1. The lowest BCUT2D eigenvalue weighted by molar-refractivity contribution is 0.0106.